The van der Waals surface area contributed by atoms with Crippen LogP contribution in [0.1, 0.15) is 263 Å². The second kappa shape index (κ2) is 46.1. The van der Waals surface area contributed by atoms with Crippen LogP contribution in [0.25, 0.3) is 0 Å². The Balaban J connectivity index is 1.92. The Morgan fingerprint density at radius 2 is 0.932 bits per heavy atom. The molecule has 0 amide bonds. The molecule has 12 heteroatoms. The van der Waals surface area contributed by atoms with E-state index in [4.69, 9.17) is 33.2 Å². The number of likely N-dealkylation sites (tertiary alicyclic amines) is 1. The van der Waals surface area contributed by atoms with Crippen molar-refractivity contribution >= 4 is 24.1 Å². The molecule has 2 atom stereocenters. The molecule has 2 unspecified atom stereocenters. The molecule has 0 saturated carbocycles. The monoisotopic (exact) mass is 1030 g/mol. The van der Waals surface area contributed by atoms with E-state index in [1.165, 1.54) is 116 Å². The molecule has 1 aliphatic rings. The number of rotatable bonds is 48. The van der Waals surface area contributed by atoms with Crippen molar-refractivity contribution in [3.8, 4) is 0 Å². The Morgan fingerprint density at radius 1 is 0.493 bits per heavy atom. The zero-order chi connectivity index (χ0) is 52.8. The summed E-state index contributed by atoms with van der Waals surface area (Å²) in [6, 6.07) is 5.50. The lowest BCUT2D eigenvalue weighted by molar-refractivity contribution is -0.160. The Hall–Kier alpha value is -3.22. The van der Waals surface area contributed by atoms with Gasteiger partial charge in [-0.2, -0.15) is 0 Å². The van der Waals surface area contributed by atoms with Crippen LogP contribution in [0, 0.1) is 11.8 Å². The Kier molecular flexibility index (Phi) is 41.6. The van der Waals surface area contributed by atoms with Crippen LogP contribution in [-0.4, -0.2) is 81.3 Å². The maximum Gasteiger partial charge on any atom is 0.508 e. The van der Waals surface area contributed by atoms with Crippen LogP contribution in [0.2, 0.25) is 0 Å². The number of carbonyl (C=O) groups is 4. The van der Waals surface area contributed by atoms with Crippen molar-refractivity contribution in [2.24, 2.45) is 11.8 Å². The Labute approximate surface area is 445 Å². The average Bonchev–Trinajstić information content (AvgIpc) is 3.40. The predicted octanol–water partition coefficient (Wildman–Crippen LogP) is 15.8. The molecular formula is C61H107NO11. The van der Waals surface area contributed by atoms with Crippen LogP contribution >= 0.6 is 0 Å². The van der Waals surface area contributed by atoms with E-state index < -0.39 is 12.4 Å². The Morgan fingerprint density at radius 3 is 1.45 bits per heavy atom. The predicted molar refractivity (Wildman–Crippen MR) is 293 cm³/mol. The number of ether oxygens (including phenoxy) is 7. The van der Waals surface area contributed by atoms with Crippen LogP contribution in [0.3, 0.4) is 0 Å². The van der Waals surface area contributed by atoms with Crippen molar-refractivity contribution in [2.45, 2.75) is 273 Å². The van der Waals surface area contributed by atoms with Crippen LogP contribution < -0.4 is 0 Å². The van der Waals surface area contributed by atoms with Crippen molar-refractivity contribution < 1.29 is 52.3 Å². The lowest BCUT2D eigenvalue weighted by atomic mass is 9.95. The minimum absolute atomic E-state index is 0.00322. The van der Waals surface area contributed by atoms with Gasteiger partial charge < -0.3 is 38.1 Å². The number of benzene rings is 1. The molecule has 422 valence electrons. The van der Waals surface area contributed by atoms with Gasteiger partial charge in [-0.05, 0) is 105 Å². The van der Waals surface area contributed by atoms with Crippen LogP contribution in [-0.2, 0) is 67.4 Å². The fraction of sp³-hybridized carbons (Fsp3) is 0.836. The number of hydrogen-bond acceptors (Lipinski definition) is 12. The highest BCUT2D eigenvalue weighted by Gasteiger charge is 2.21. The molecule has 1 aliphatic heterocycles. The summed E-state index contributed by atoms with van der Waals surface area (Å²) in [5.41, 5.74) is 2.03. The van der Waals surface area contributed by atoms with Gasteiger partial charge in [0.05, 0.1) is 19.6 Å². The molecule has 73 heavy (non-hydrogen) atoms. The van der Waals surface area contributed by atoms with Crippen molar-refractivity contribution in [3.05, 3.63) is 34.9 Å². The highest BCUT2D eigenvalue weighted by atomic mass is 16.7. The summed E-state index contributed by atoms with van der Waals surface area (Å²) >= 11 is 0. The molecule has 0 spiro atoms. The van der Waals surface area contributed by atoms with Crippen molar-refractivity contribution in [3.63, 3.8) is 0 Å². The molecular weight excluding hydrogens is 923 g/mol. The molecule has 1 saturated heterocycles. The molecule has 0 bridgehead atoms. The first kappa shape index (κ1) is 65.9. The van der Waals surface area contributed by atoms with Gasteiger partial charge in [-0.15, -0.1) is 0 Å². The van der Waals surface area contributed by atoms with Gasteiger partial charge in [0.15, 0.2) is 6.29 Å². The standard InChI is InChI=1S/C61H107NO11/c1-6-11-15-19-22-27-34-52(33-26-18-14-9-4)47-69-57(63)36-28-25-29-37-58(64)70-49-54-43-55(45-56(44-54)51-73-61(66)72-48-53-35-32-40-62(10-5)46-53)50-71-59(65)38-39-60(67-41-30-23-20-16-12-7-2)68-42-31-24-21-17-13-8-3/h43-45,52-53,60H,6-42,46-51H2,1-5H3. The third-order valence-electron chi connectivity index (χ3n) is 14.1. The summed E-state index contributed by atoms with van der Waals surface area (Å²) in [6.07, 6.45) is 32.8. The maximum atomic E-state index is 13.2. The van der Waals surface area contributed by atoms with Crippen molar-refractivity contribution in [1.29, 1.82) is 0 Å². The molecule has 0 radical (unpaired) electrons. The van der Waals surface area contributed by atoms with E-state index in [-0.39, 0.29) is 56.5 Å². The average molecular weight is 1030 g/mol. The van der Waals surface area contributed by atoms with Gasteiger partial charge in [0.1, 0.15) is 19.8 Å². The van der Waals surface area contributed by atoms with E-state index >= 15 is 0 Å². The summed E-state index contributed by atoms with van der Waals surface area (Å²) < 4.78 is 40.6. The molecule has 1 aromatic carbocycles. The van der Waals surface area contributed by atoms with Gasteiger partial charge in [-0.1, -0.05) is 169 Å². The third-order valence-corrected chi connectivity index (χ3v) is 14.1. The lowest BCUT2D eigenvalue weighted by Gasteiger charge is -2.31. The maximum absolute atomic E-state index is 13.2. The third kappa shape index (κ3) is 37.2. The quantitative estimate of drug-likeness (QED) is 0.0266. The van der Waals surface area contributed by atoms with Gasteiger partial charge in [-0.3, -0.25) is 14.4 Å². The van der Waals surface area contributed by atoms with Gasteiger partial charge in [0, 0.05) is 44.9 Å². The first-order chi connectivity index (χ1) is 35.7. The summed E-state index contributed by atoms with van der Waals surface area (Å²) in [5.74, 6) is -0.141. The fourth-order valence-corrected chi connectivity index (χ4v) is 9.53. The lowest BCUT2D eigenvalue weighted by Crippen LogP contribution is -2.37. The summed E-state index contributed by atoms with van der Waals surface area (Å²) in [7, 11) is 0. The number of hydrogen-bond donors (Lipinski definition) is 0. The number of unbranched alkanes of at least 4 members (excludes halogenated alkanes) is 20. The second-order valence-electron chi connectivity index (χ2n) is 21.0. The second-order valence-corrected chi connectivity index (χ2v) is 21.0. The topological polar surface area (TPSA) is 136 Å². The fourth-order valence-electron chi connectivity index (χ4n) is 9.53. The SMILES string of the molecule is CCCCCCCCOC(CCC(=O)OCc1cc(COC(=O)CCCCCC(=O)OCC(CCCCCC)CCCCCCCC)cc(COC(=O)OCC2CCCN(CC)C2)c1)OCCCCCCCC. The van der Waals surface area contributed by atoms with E-state index in [0.29, 0.717) is 74.7 Å². The van der Waals surface area contributed by atoms with E-state index in [2.05, 4.69) is 39.5 Å². The minimum Gasteiger partial charge on any atom is -0.465 e. The molecule has 0 aromatic heterocycles. The highest BCUT2D eigenvalue weighted by molar-refractivity contribution is 5.70. The number of nitrogens with zero attached hydrogens (tertiary/aromatic N) is 1. The zero-order valence-electron chi connectivity index (χ0n) is 47.3. The van der Waals surface area contributed by atoms with Crippen LogP contribution in [0.4, 0.5) is 4.79 Å². The van der Waals surface area contributed by atoms with Gasteiger partial charge in [-0.25, -0.2) is 4.79 Å². The van der Waals surface area contributed by atoms with Gasteiger partial charge >= 0.3 is 24.1 Å². The Bertz CT molecular complexity index is 1500. The highest BCUT2D eigenvalue weighted by Crippen LogP contribution is 2.22. The molecule has 1 heterocycles. The number of carbonyl (C=O) groups excluding carboxylic acids is 4. The smallest absolute Gasteiger partial charge is 0.465 e. The molecule has 2 rings (SSSR count). The van der Waals surface area contributed by atoms with Gasteiger partial charge in [0.2, 0.25) is 0 Å². The van der Waals surface area contributed by atoms with E-state index in [1.54, 1.807) is 0 Å². The molecule has 1 fully saturated rings. The van der Waals surface area contributed by atoms with E-state index in [0.717, 1.165) is 77.4 Å². The van der Waals surface area contributed by atoms with Crippen LogP contribution in [0.5, 0.6) is 0 Å². The molecule has 0 N–H and O–H groups in total. The largest absolute Gasteiger partial charge is 0.508 e. The van der Waals surface area contributed by atoms with Crippen LogP contribution in [0.15, 0.2) is 18.2 Å². The number of esters is 3. The zero-order valence-corrected chi connectivity index (χ0v) is 47.3. The first-order valence-corrected chi connectivity index (χ1v) is 30.0. The molecule has 12 nitrogen and oxygen atoms in total. The number of piperidine rings is 1. The molecule has 0 aliphatic carbocycles. The summed E-state index contributed by atoms with van der Waals surface area (Å²) in [6.45, 7) is 16.0. The summed E-state index contributed by atoms with van der Waals surface area (Å²) in [5, 5.41) is 0. The van der Waals surface area contributed by atoms with Crippen molar-refractivity contribution in [1.82, 2.24) is 4.90 Å². The first-order valence-electron chi connectivity index (χ1n) is 30.0. The van der Waals surface area contributed by atoms with Gasteiger partial charge in [0.25, 0.3) is 0 Å². The normalized spacial score (nSPS) is 14.3. The van der Waals surface area contributed by atoms with E-state index in [9.17, 15) is 19.2 Å². The minimum atomic E-state index is -0.732. The summed E-state index contributed by atoms with van der Waals surface area (Å²) in [4.78, 5) is 53.9. The molecule has 1 aromatic rings. The van der Waals surface area contributed by atoms with Crippen molar-refractivity contribution in [2.75, 3.05) is 46.1 Å². The van der Waals surface area contributed by atoms with E-state index in [1.807, 2.05) is 18.2 Å².